The third-order valence-electron chi connectivity index (χ3n) is 5.20. The molecule has 8 heteroatoms. The van der Waals surface area contributed by atoms with Crippen LogP contribution < -0.4 is 0 Å². The molecule has 1 atom stereocenters. The van der Waals surface area contributed by atoms with Crippen molar-refractivity contribution in [2.45, 2.75) is 18.9 Å². The molecule has 0 saturated carbocycles. The fourth-order valence-corrected chi connectivity index (χ4v) is 3.80. The second kappa shape index (κ2) is 9.74. The second-order valence-corrected chi connectivity index (χ2v) is 8.02. The molecule has 0 bridgehead atoms. The standard InChI is InChI=1S/C20H25Cl2N3O3/c21-17-3-1-15(13-18(17)22)2-4-19(27)24-8-6-20(28)25(12-11-24)10-9-23-7-5-16(26)14-23/h1-4,13,16,26H,5-12,14H2/b4-2+/t16-/m0/s1. The molecule has 2 heterocycles. The number of likely N-dealkylation sites (tertiary alicyclic amines) is 1. The van der Waals surface area contributed by atoms with E-state index in [4.69, 9.17) is 23.2 Å². The summed E-state index contributed by atoms with van der Waals surface area (Å²) in [5, 5.41) is 10.5. The van der Waals surface area contributed by atoms with E-state index in [0.29, 0.717) is 49.2 Å². The summed E-state index contributed by atoms with van der Waals surface area (Å²) in [7, 11) is 0. The SMILES string of the molecule is O=C(/C=C/c1ccc(Cl)c(Cl)c1)N1CCC(=O)N(CCN2CC[C@H](O)C2)CC1. The molecule has 0 unspecified atom stereocenters. The Morgan fingerprint density at radius 1 is 1.14 bits per heavy atom. The Balaban J connectivity index is 1.51. The van der Waals surface area contributed by atoms with Gasteiger partial charge in [-0.05, 0) is 30.2 Å². The van der Waals surface area contributed by atoms with Crippen molar-refractivity contribution in [2.24, 2.45) is 0 Å². The molecule has 1 aromatic carbocycles. The molecule has 2 saturated heterocycles. The molecule has 0 aromatic heterocycles. The van der Waals surface area contributed by atoms with Gasteiger partial charge in [0.05, 0.1) is 16.1 Å². The van der Waals surface area contributed by atoms with Crippen LogP contribution in [-0.4, -0.2) is 83.5 Å². The van der Waals surface area contributed by atoms with E-state index in [9.17, 15) is 14.7 Å². The maximum Gasteiger partial charge on any atom is 0.246 e. The highest BCUT2D eigenvalue weighted by Crippen LogP contribution is 2.23. The predicted molar refractivity (Wildman–Crippen MR) is 110 cm³/mol. The third-order valence-corrected chi connectivity index (χ3v) is 5.93. The van der Waals surface area contributed by atoms with E-state index >= 15 is 0 Å². The summed E-state index contributed by atoms with van der Waals surface area (Å²) in [4.78, 5) is 30.6. The fraction of sp³-hybridized carbons (Fsp3) is 0.500. The summed E-state index contributed by atoms with van der Waals surface area (Å²) in [5.41, 5.74) is 0.795. The lowest BCUT2D eigenvalue weighted by Gasteiger charge is -2.24. The molecule has 2 amide bonds. The number of hydrogen-bond donors (Lipinski definition) is 1. The van der Waals surface area contributed by atoms with Crippen LogP contribution in [0.2, 0.25) is 10.0 Å². The molecule has 28 heavy (non-hydrogen) atoms. The number of benzene rings is 1. The highest BCUT2D eigenvalue weighted by atomic mass is 35.5. The van der Waals surface area contributed by atoms with Crippen molar-refractivity contribution in [1.29, 1.82) is 0 Å². The van der Waals surface area contributed by atoms with Crippen molar-refractivity contribution < 1.29 is 14.7 Å². The van der Waals surface area contributed by atoms with Gasteiger partial charge in [-0.1, -0.05) is 29.3 Å². The van der Waals surface area contributed by atoms with Crippen LogP contribution in [0.25, 0.3) is 6.08 Å². The Kier molecular flexibility index (Phi) is 7.35. The van der Waals surface area contributed by atoms with E-state index in [2.05, 4.69) is 4.90 Å². The Morgan fingerprint density at radius 3 is 2.68 bits per heavy atom. The predicted octanol–water partition coefficient (Wildman–Crippen LogP) is 2.13. The first kappa shape index (κ1) is 21.1. The summed E-state index contributed by atoms with van der Waals surface area (Å²) < 4.78 is 0. The van der Waals surface area contributed by atoms with Crippen molar-refractivity contribution in [2.75, 3.05) is 45.8 Å². The summed E-state index contributed by atoms with van der Waals surface area (Å²) in [5.74, 6) is -0.0492. The molecule has 1 aromatic rings. The molecule has 2 aliphatic rings. The van der Waals surface area contributed by atoms with E-state index in [1.807, 2.05) is 4.90 Å². The zero-order valence-electron chi connectivity index (χ0n) is 15.7. The molecule has 0 radical (unpaired) electrons. The monoisotopic (exact) mass is 425 g/mol. The number of aliphatic hydroxyl groups is 1. The van der Waals surface area contributed by atoms with Crippen LogP contribution >= 0.6 is 23.2 Å². The highest BCUT2D eigenvalue weighted by Gasteiger charge is 2.25. The molecule has 2 aliphatic heterocycles. The van der Waals surface area contributed by atoms with Crippen LogP contribution in [0.1, 0.15) is 18.4 Å². The van der Waals surface area contributed by atoms with Gasteiger partial charge < -0.3 is 14.9 Å². The zero-order chi connectivity index (χ0) is 20.1. The largest absolute Gasteiger partial charge is 0.392 e. The summed E-state index contributed by atoms with van der Waals surface area (Å²) in [6.07, 6.45) is 4.07. The van der Waals surface area contributed by atoms with Gasteiger partial charge in [0.25, 0.3) is 0 Å². The van der Waals surface area contributed by atoms with Crippen LogP contribution in [0, 0.1) is 0 Å². The first-order chi connectivity index (χ1) is 13.4. The summed E-state index contributed by atoms with van der Waals surface area (Å²) >= 11 is 11.9. The van der Waals surface area contributed by atoms with Crippen molar-refractivity contribution in [3.8, 4) is 0 Å². The normalized spacial score (nSPS) is 21.5. The Bertz CT molecular complexity index is 756. The number of aliphatic hydroxyl groups excluding tert-OH is 1. The number of hydrogen-bond acceptors (Lipinski definition) is 4. The minimum absolute atomic E-state index is 0.0727. The van der Waals surface area contributed by atoms with Crippen molar-refractivity contribution in [3.05, 3.63) is 39.9 Å². The van der Waals surface area contributed by atoms with Crippen molar-refractivity contribution in [1.82, 2.24) is 14.7 Å². The number of carbonyl (C=O) groups excluding carboxylic acids is 2. The van der Waals surface area contributed by atoms with Gasteiger partial charge in [0.15, 0.2) is 0 Å². The Hall–Kier alpha value is -1.60. The van der Waals surface area contributed by atoms with E-state index in [1.54, 1.807) is 29.2 Å². The number of carbonyl (C=O) groups is 2. The maximum atomic E-state index is 12.5. The van der Waals surface area contributed by atoms with Gasteiger partial charge >= 0.3 is 0 Å². The molecular formula is C20H25Cl2N3O3. The number of β-amino-alcohol motifs (C(OH)–C–C–N with tert-alkyl or cyclic N) is 1. The molecule has 3 rings (SSSR count). The van der Waals surface area contributed by atoms with Gasteiger partial charge in [0, 0.05) is 58.3 Å². The first-order valence-corrected chi connectivity index (χ1v) is 10.3. The van der Waals surface area contributed by atoms with Gasteiger partial charge in [-0.25, -0.2) is 0 Å². The quantitative estimate of drug-likeness (QED) is 0.733. The number of nitrogens with zero attached hydrogens (tertiary/aromatic N) is 3. The molecule has 1 N–H and O–H groups in total. The minimum atomic E-state index is -0.254. The number of rotatable bonds is 5. The van der Waals surface area contributed by atoms with E-state index in [1.165, 1.54) is 6.08 Å². The van der Waals surface area contributed by atoms with Crippen molar-refractivity contribution in [3.63, 3.8) is 0 Å². The zero-order valence-corrected chi connectivity index (χ0v) is 17.2. The maximum absolute atomic E-state index is 12.5. The van der Waals surface area contributed by atoms with Gasteiger partial charge in [0.2, 0.25) is 11.8 Å². The van der Waals surface area contributed by atoms with Crippen LogP contribution in [0.15, 0.2) is 24.3 Å². The van der Waals surface area contributed by atoms with Crippen molar-refractivity contribution >= 4 is 41.1 Å². The summed E-state index contributed by atoms with van der Waals surface area (Å²) in [6, 6.07) is 5.19. The first-order valence-electron chi connectivity index (χ1n) is 9.52. The smallest absolute Gasteiger partial charge is 0.246 e. The molecule has 0 spiro atoms. The molecule has 152 valence electrons. The van der Waals surface area contributed by atoms with Crippen LogP contribution in [0.4, 0.5) is 0 Å². The number of amides is 2. The highest BCUT2D eigenvalue weighted by molar-refractivity contribution is 6.42. The average molecular weight is 426 g/mol. The van der Waals surface area contributed by atoms with E-state index in [-0.39, 0.29) is 17.9 Å². The van der Waals surface area contributed by atoms with Crippen LogP contribution in [0.3, 0.4) is 0 Å². The van der Waals surface area contributed by atoms with Gasteiger partial charge in [-0.15, -0.1) is 0 Å². The average Bonchev–Trinajstić information content (AvgIpc) is 3.00. The van der Waals surface area contributed by atoms with Gasteiger partial charge in [-0.3, -0.25) is 14.5 Å². The molecule has 2 fully saturated rings. The topological polar surface area (TPSA) is 64.1 Å². The Labute approximate surface area is 175 Å². The number of halogens is 2. The van der Waals surface area contributed by atoms with Crippen LogP contribution in [-0.2, 0) is 9.59 Å². The van der Waals surface area contributed by atoms with Gasteiger partial charge in [-0.2, -0.15) is 0 Å². The lowest BCUT2D eigenvalue weighted by Crippen LogP contribution is -2.39. The fourth-order valence-electron chi connectivity index (χ4n) is 3.49. The van der Waals surface area contributed by atoms with E-state index in [0.717, 1.165) is 25.1 Å². The van der Waals surface area contributed by atoms with Gasteiger partial charge in [0.1, 0.15) is 0 Å². The van der Waals surface area contributed by atoms with Crippen LogP contribution in [0.5, 0.6) is 0 Å². The molecule has 6 nitrogen and oxygen atoms in total. The van der Waals surface area contributed by atoms with E-state index < -0.39 is 0 Å². The lowest BCUT2D eigenvalue weighted by molar-refractivity contribution is -0.130. The summed E-state index contributed by atoms with van der Waals surface area (Å²) in [6.45, 7) is 4.39. The molecule has 0 aliphatic carbocycles. The minimum Gasteiger partial charge on any atom is -0.392 e. The second-order valence-electron chi connectivity index (χ2n) is 7.21. The Morgan fingerprint density at radius 2 is 1.96 bits per heavy atom. The third kappa shape index (κ3) is 5.70. The molecular weight excluding hydrogens is 401 g/mol. The lowest BCUT2D eigenvalue weighted by atomic mass is 10.2.